The first kappa shape index (κ1) is 28.2. The van der Waals surface area contributed by atoms with Crippen molar-refractivity contribution in [3.05, 3.63) is 99.8 Å². The Morgan fingerprint density at radius 3 is 2.27 bits per heavy atom. The van der Waals surface area contributed by atoms with Crippen LogP contribution in [0.4, 0.5) is 4.39 Å². The molecule has 1 N–H and O–H groups in total. The van der Waals surface area contributed by atoms with E-state index < -0.39 is 17.8 Å². The third-order valence-corrected chi connectivity index (χ3v) is 6.94. The van der Waals surface area contributed by atoms with Crippen molar-refractivity contribution in [1.82, 2.24) is 10.2 Å². The fourth-order valence-electron chi connectivity index (χ4n) is 4.02. The second-order valence-electron chi connectivity index (χ2n) is 9.30. The molecule has 0 saturated heterocycles. The van der Waals surface area contributed by atoms with Gasteiger partial charge in [-0.05, 0) is 62.1 Å². The lowest BCUT2D eigenvalue weighted by Gasteiger charge is -2.32. The van der Waals surface area contributed by atoms with E-state index >= 15 is 0 Å². The van der Waals surface area contributed by atoms with Crippen molar-refractivity contribution in [3.8, 4) is 5.75 Å². The topological polar surface area (TPSA) is 58.6 Å². The Kier molecular flexibility index (Phi) is 10.1. The number of nitrogens with one attached hydrogen (secondary N) is 1. The molecule has 0 bridgehead atoms. The molecular weight excluding hydrogens is 491 g/mol. The summed E-state index contributed by atoms with van der Waals surface area (Å²) in [6, 6.07) is 18.3. The third-order valence-electron chi connectivity index (χ3n) is 6.34. The van der Waals surface area contributed by atoms with Crippen LogP contribution in [0.25, 0.3) is 0 Å². The van der Waals surface area contributed by atoms with Gasteiger partial charge in [0.2, 0.25) is 5.91 Å². The molecule has 3 aromatic carbocycles. The monoisotopic (exact) mass is 524 g/mol. The van der Waals surface area contributed by atoms with Crippen LogP contribution in [0.1, 0.15) is 42.5 Å². The number of aryl methyl sites for hydroxylation is 2. The predicted molar refractivity (Wildman–Crippen MR) is 145 cm³/mol. The molecule has 0 unspecified atom stereocenters. The molecule has 196 valence electrons. The Balaban J connectivity index is 1.94. The van der Waals surface area contributed by atoms with Crippen molar-refractivity contribution in [2.45, 2.75) is 59.2 Å². The van der Waals surface area contributed by atoms with Gasteiger partial charge in [0.1, 0.15) is 17.6 Å². The van der Waals surface area contributed by atoms with Crippen LogP contribution in [0, 0.1) is 19.7 Å². The van der Waals surface area contributed by atoms with Gasteiger partial charge in [-0.2, -0.15) is 0 Å². The summed E-state index contributed by atoms with van der Waals surface area (Å²) in [4.78, 5) is 28.5. The zero-order valence-corrected chi connectivity index (χ0v) is 22.5. The maximum atomic E-state index is 14.7. The quantitative estimate of drug-likeness (QED) is 0.333. The Morgan fingerprint density at radius 2 is 1.65 bits per heavy atom. The molecule has 0 aromatic heterocycles. The number of amides is 2. The van der Waals surface area contributed by atoms with Crippen molar-refractivity contribution in [2.75, 3.05) is 6.61 Å². The van der Waals surface area contributed by atoms with E-state index in [9.17, 15) is 14.0 Å². The van der Waals surface area contributed by atoms with Gasteiger partial charge in [0.05, 0.1) is 0 Å². The van der Waals surface area contributed by atoms with Gasteiger partial charge in [0.15, 0.2) is 6.61 Å². The van der Waals surface area contributed by atoms with Gasteiger partial charge in [-0.1, -0.05) is 67.1 Å². The molecular formula is C30H34ClFN2O3. The highest BCUT2D eigenvalue weighted by atomic mass is 35.5. The molecule has 0 aliphatic heterocycles. The Labute approximate surface area is 223 Å². The summed E-state index contributed by atoms with van der Waals surface area (Å²) >= 11 is 6.26. The summed E-state index contributed by atoms with van der Waals surface area (Å²) < 4.78 is 20.5. The fourth-order valence-corrected chi connectivity index (χ4v) is 4.13. The van der Waals surface area contributed by atoms with E-state index in [1.165, 1.54) is 11.0 Å². The molecule has 3 rings (SSSR count). The SMILES string of the molecule is CC[C@H](C)NC(=O)[C@@H](Cc1ccccc1)N(Cc1ccccc1F)C(=O)COc1cc(C)c(Cl)c(C)c1. The van der Waals surface area contributed by atoms with E-state index in [0.29, 0.717) is 16.3 Å². The molecule has 0 saturated carbocycles. The summed E-state index contributed by atoms with van der Waals surface area (Å²) in [7, 11) is 0. The van der Waals surface area contributed by atoms with Crippen molar-refractivity contribution in [3.63, 3.8) is 0 Å². The molecule has 7 heteroatoms. The number of hydrogen-bond donors (Lipinski definition) is 1. The molecule has 0 spiro atoms. The van der Waals surface area contributed by atoms with E-state index in [2.05, 4.69) is 5.32 Å². The van der Waals surface area contributed by atoms with E-state index in [-0.39, 0.29) is 31.5 Å². The number of benzene rings is 3. The molecule has 0 heterocycles. The van der Waals surface area contributed by atoms with Gasteiger partial charge in [-0.15, -0.1) is 0 Å². The lowest BCUT2D eigenvalue weighted by Crippen LogP contribution is -2.53. The van der Waals surface area contributed by atoms with E-state index in [0.717, 1.165) is 23.1 Å². The van der Waals surface area contributed by atoms with Gasteiger partial charge < -0.3 is 15.0 Å². The molecule has 0 radical (unpaired) electrons. The van der Waals surface area contributed by atoms with Crippen molar-refractivity contribution in [1.29, 1.82) is 0 Å². The van der Waals surface area contributed by atoms with E-state index in [1.807, 2.05) is 58.0 Å². The fraction of sp³-hybridized carbons (Fsp3) is 0.333. The summed E-state index contributed by atoms with van der Waals surface area (Å²) in [6.45, 7) is 7.24. The van der Waals surface area contributed by atoms with Crippen LogP contribution in [0.15, 0.2) is 66.7 Å². The molecule has 37 heavy (non-hydrogen) atoms. The van der Waals surface area contributed by atoms with Crippen LogP contribution in [0.5, 0.6) is 5.75 Å². The number of halogens is 2. The molecule has 0 aliphatic rings. The number of nitrogens with zero attached hydrogens (tertiary/aromatic N) is 1. The number of rotatable bonds is 11. The van der Waals surface area contributed by atoms with Crippen molar-refractivity contribution < 1.29 is 18.7 Å². The number of hydrogen-bond acceptors (Lipinski definition) is 3. The zero-order valence-electron chi connectivity index (χ0n) is 21.8. The zero-order chi connectivity index (χ0) is 26.9. The highest BCUT2D eigenvalue weighted by Gasteiger charge is 2.31. The second kappa shape index (κ2) is 13.2. The van der Waals surface area contributed by atoms with Crippen LogP contribution in [0.3, 0.4) is 0 Å². The second-order valence-corrected chi connectivity index (χ2v) is 9.67. The molecule has 2 atom stereocenters. The minimum Gasteiger partial charge on any atom is -0.484 e. The van der Waals surface area contributed by atoms with Crippen molar-refractivity contribution >= 4 is 23.4 Å². The number of carbonyl (C=O) groups excluding carboxylic acids is 2. The summed E-state index contributed by atoms with van der Waals surface area (Å²) in [6.07, 6.45) is 1.02. The van der Waals surface area contributed by atoms with Gasteiger partial charge in [-0.3, -0.25) is 9.59 Å². The maximum absolute atomic E-state index is 14.7. The van der Waals surface area contributed by atoms with Crippen LogP contribution < -0.4 is 10.1 Å². The minimum absolute atomic E-state index is 0.0705. The molecule has 5 nitrogen and oxygen atoms in total. The van der Waals surface area contributed by atoms with Crippen LogP contribution >= 0.6 is 11.6 Å². The molecule has 2 amide bonds. The smallest absolute Gasteiger partial charge is 0.261 e. The normalized spacial score (nSPS) is 12.5. The van der Waals surface area contributed by atoms with Crippen LogP contribution in [0.2, 0.25) is 5.02 Å². The summed E-state index contributed by atoms with van der Waals surface area (Å²) in [5, 5.41) is 3.64. The van der Waals surface area contributed by atoms with Gasteiger partial charge >= 0.3 is 0 Å². The standard InChI is InChI=1S/C30H34ClFN2O3/c1-5-22(4)33-30(36)27(17-23-11-7-6-8-12-23)34(18-24-13-9-10-14-26(24)32)28(35)19-37-25-15-20(2)29(31)21(3)16-25/h6-16,22,27H,5,17-19H2,1-4H3,(H,33,36)/t22-,27+/m0/s1. The average Bonchev–Trinajstić information content (AvgIpc) is 2.89. The van der Waals surface area contributed by atoms with E-state index in [1.54, 1.807) is 30.3 Å². The predicted octanol–water partition coefficient (Wildman–Crippen LogP) is 6.03. The highest BCUT2D eigenvalue weighted by molar-refractivity contribution is 6.32. The Bertz CT molecular complexity index is 1200. The third kappa shape index (κ3) is 7.80. The first-order chi connectivity index (χ1) is 17.7. The first-order valence-corrected chi connectivity index (χ1v) is 12.8. The average molecular weight is 525 g/mol. The van der Waals surface area contributed by atoms with Gasteiger partial charge in [-0.25, -0.2) is 4.39 Å². The number of ether oxygens (including phenoxy) is 1. The summed E-state index contributed by atoms with van der Waals surface area (Å²) in [5.74, 6) is -0.650. The Morgan fingerprint density at radius 1 is 1.03 bits per heavy atom. The van der Waals surface area contributed by atoms with Crippen molar-refractivity contribution in [2.24, 2.45) is 0 Å². The molecule has 3 aromatic rings. The first-order valence-electron chi connectivity index (χ1n) is 12.5. The highest BCUT2D eigenvalue weighted by Crippen LogP contribution is 2.26. The van der Waals surface area contributed by atoms with E-state index in [4.69, 9.17) is 16.3 Å². The number of carbonyl (C=O) groups is 2. The van der Waals surface area contributed by atoms with Gasteiger partial charge in [0, 0.05) is 29.6 Å². The largest absolute Gasteiger partial charge is 0.484 e. The van der Waals surface area contributed by atoms with Crippen LogP contribution in [-0.4, -0.2) is 35.4 Å². The van der Waals surface area contributed by atoms with Gasteiger partial charge in [0.25, 0.3) is 5.91 Å². The molecule has 0 fully saturated rings. The minimum atomic E-state index is -0.860. The Hall–Kier alpha value is -3.38. The lowest BCUT2D eigenvalue weighted by atomic mass is 10.0. The van der Waals surface area contributed by atoms with Crippen LogP contribution in [-0.2, 0) is 22.6 Å². The molecule has 0 aliphatic carbocycles. The lowest BCUT2D eigenvalue weighted by molar-refractivity contribution is -0.143. The summed E-state index contributed by atoms with van der Waals surface area (Å²) in [5.41, 5.74) is 2.89. The maximum Gasteiger partial charge on any atom is 0.261 e.